The lowest BCUT2D eigenvalue weighted by Gasteiger charge is -2.33. The zero-order valence-corrected chi connectivity index (χ0v) is 12.0. The van der Waals surface area contributed by atoms with E-state index in [2.05, 4.69) is 11.8 Å². The normalized spacial score (nSPS) is 21.6. The molecule has 5 nitrogen and oxygen atoms in total. The van der Waals surface area contributed by atoms with Crippen LogP contribution in [0.3, 0.4) is 0 Å². The maximum atomic E-state index is 10.1. The quantitative estimate of drug-likeness (QED) is 0.764. The van der Waals surface area contributed by atoms with Crippen LogP contribution < -0.4 is 10.5 Å². The van der Waals surface area contributed by atoms with Crippen LogP contribution in [0.1, 0.15) is 13.3 Å². The lowest BCUT2D eigenvalue weighted by atomic mass is 10.2. The summed E-state index contributed by atoms with van der Waals surface area (Å²) >= 11 is 0. The predicted octanol–water partition coefficient (Wildman–Crippen LogP) is 1.12. The molecule has 2 atom stereocenters. The molecule has 20 heavy (non-hydrogen) atoms. The first-order valence-electron chi connectivity index (χ1n) is 7.18. The zero-order valence-electron chi connectivity index (χ0n) is 12.0. The Kier molecular flexibility index (Phi) is 5.64. The standard InChI is InChI=1S/C15H24N2O3/c1-2-13-10-17(7-8-19-13)9-12(18)11-20-15-6-4-3-5-14(15)16/h3-6,12-13,18H,2,7-11,16H2,1H3. The number of hydrogen-bond donors (Lipinski definition) is 2. The third kappa shape index (κ3) is 4.37. The summed E-state index contributed by atoms with van der Waals surface area (Å²) in [5.41, 5.74) is 6.39. The average molecular weight is 280 g/mol. The predicted molar refractivity (Wildman–Crippen MR) is 78.8 cm³/mol. The maximum absolute atomic E-state index is 10.1. The summed E-state index contributed by atoms with van der Waals surface area (Å²) in [6.45, 7) is 5.45. The molecule has 1 saturated heterocycles. The highest BCUT2D eigenvalue weighted by molar-refractivity contribution is 5.51. The van der Waals surface area contributed by atoms with Crippen LogP contribution in [0.2, 0.25) is 0 Å². The molecule has 3 N–H and O–H groups in total. The van der Waals surface area contributed by atoms with Gasteiger partial charge >= 0.3 is 0 Å². The molecule has 0 spiro atoms. The number of para-hydroxylation sites is 2. The first-order valence-corrected chi connectivity index (χ1v) is 7.18. The number of nitrogens with two attached hydrogens (primary N) is 1. The van der Waals surface area contributed by atoms with Crippen LogP contribution in [0.25, 0.3) is 0 Å². The Hall–Kier alpha value is -1.30. The number of nitrogens with zero attached hydrogens (tertiary/aromatic N) is 1. The van der Waals surface area contributed by atoms with E-state index in [-0.39, 0.29) is 12.7 Å². The van der Waals surface area contributed by atoms with Gasteiger partial charge in [-0.15, -0.1) is 0 Å². The van der Waals surface area contributed by atoms with Gasteiger partial charge < -0.3 is 20.3 Å². The van der Waals surface area contributed by atoms with E-state index in [1.807, 2.05) is 18.2 Å². The molecule has 1 aromatic carbocycles. The van der Waals surface area contributed by atoms with E-state index in [9.17, 15) is 5.11 Å². The Bertz CT molecular complexity index is 414. The number of aliphatic hydroxyl groups excluding tert-OH is 1. The summed E-state index contributed by atoms with van der Waals surface area (Å²) in [4.78, 5) is 2.22. The molecule has 2 rings (SSSR count). The summed E-state index contributed by atoms with van der Waals surface area (Å²) < 4.78 is 11.2. The minimum Gasteiger partial charge on any atom is -0.489 e. The van der Waals surface area contributed by atoms with Crippen LogP contribution in [0.4, 0.5) is 5.69 Å². The van der Waals surface area contributed by atoms with Gasteiger partial charge in [-0.2, -0.15) is 0 Å². The van der Waals surface area contributed by atoms with Gasteiger partial charge in [0.2, 0.25) is 0 Å². The van der Waals surface area contributed by atoms with Gasteiger partial charge in [0, 0.05) is 19.6 Å². The van der Waals surface area contributed by atoms with Crippen LogP contribution in [0, 0.1) is 0 Å². The first-order chi connectivity index (χ1) is 9.69. The van der Waals surface area contributed by atoms with Crippen LogP contribution in [0.15, 0.2) is 24.3 Å². The van der Waals surface area contributed by atoms with Crippen molar-refractivity contribution in [2.45, 2.75) is 25.6 Å². The number of morpholine rings is 1. The minimum absolute atomic E-state index is 0.252. The topological polar surface area (TPSA) is 68.0 Å². The molecule has 0 saturated carbocycles. The summed E-state index contributed by atoms with van der Waals surface area (Å²) in [5, 5.41) is 10.1. The van der Waals surface area contributed by atoms with Gasteiger partial charge in [-0.05, 0) is 18.6 Å². The van der Waals surface area contributed by atoms with Crippen molar-refractivity contribution >= 4 is 5.69 Å². The van der Waals surface area contributed by atoms with Crippen molar-refractivity contribution in [1.29, 1.82) is 0 Å². The maximum Gasteiger partial charge on any atom is 0.142 e. The fraction of sp³-hybridized carbons (Fsp3) is 0.600. The van der Waals surface area contributed by atoms with E-state index in [4.69, 9.17) is 15.2 Å². The smallest absolute Gasteiger partial charge is 0.142 e. The van der Waals surface area contributed by atoms with E-state index >= 15 is 0 Å². The average Bonchev–Trinajstić information content (AvgIpc) is 2.46. The molecule has 5 heteroatoms. The Morgan fingerprint density at radius 3 is 3.05 bits per heavy atom. The fourth-order valence-corrected chi connectivity index (χ4v) is 2.34. The molecular formula is C15H24N2O3. The van der Waals surface area contributed by atoms with Crippen LogP contribution in [-0.4, -0.2) is 55.1 Å². The Morgan fingerprint density at radius 2 is 2.30 bits per heavy atom. The van der Waals surface area contributed by atoms with Crippen LogP contribution in [0.5, 0.6) is 5.75 Å². The van der Waals surface area contributed by atoms with E-state index in [0.29, 0.717) is 18.0 Å². The van der Waals surface area contributed by atoms with Crippen molar-refractivity contribution in [2.75, 3.05) is 38.6 Å². The number of nitrogen functional groups attached to an aromatic ring is 1. The molecule has 1 aromatic rings. The van der Waals surface area contributed by atoms with Gasteiger partial charge in [-0.3, -0.25) is 4.90 Å². The molecule has 0 amide bonds. The molecule has 1 fully saturated rings. The fourth-order valence-electron chi connectivity index (χ4n) is 2.34. The van der Waals surface area contributed by atoms with Gasteiger partial charge in [0.1, 0.15) is 18.5 Å². The summed E-state index contributed by atoms with van der Waals surface area (Å²) in [5.74, 6) is 0.625. The molecule has 1 heterocycles. The van der Waals surface area contributed by atoms with Gasteiger partial charge in [-0.1, -0.05) is 19.1 Å². The molecule has 1 aliphatic rings. The molecule has 0 radical (unpaired) electrons. The van der Waals surface area contributed by atoms with Crippen molar-refractivity contribution in [3.63, 3.8) is 0 Å². The molecule has 1 aliphatic heterocycles. The monoisotopic (exact) mass is 280 g/mol. The van der Waals surface area contributed by atoms with Gasteiger partial charge in [-0.25, -0.2) is 0 Å². The largest absolute Gasteiger partial charge is 0.489 e. The number of β-amino-alcohol motifs (C(OH)–C–C–N with tert-alkyl or cyclic N) is 1. The van der Waals surface area contributed by atoms with E-state index in [0.717, 1.165) is 26.1 Å². The second-order valence-electron chi connectivity index (χ2n) is 5.16. The van der Waals surface area contributed by atoms with E-state index in [1.165, 1.54) is 0 Å². The van der Waals surface area contributed by atoms with Crippen LogP contribution in [-0.2, 0) is 4.74 Å². The molecule has 0 aliphatic carbocycles. The minimum atomic E-state index is -0.523. The van der Waals surface area contributed by atoms with Gasteiger partial charge in [0.15, 0.2) is 0 Å². The second kappa shape index (κ2) is 7.47. The van der Waals surface area contributed by atoms with Crippen molar-refractivity contribution in [3.05, 3.63) is 24.3 Å². The number of benzene rings is 1. The first kappa shape index (κ1) is 15.1. The third-order valence-corrected chi connectivity index (χ3v) is 3.50. The Balaban J connectivity index is 1.75. The Labute approximate surface area is 120 Å². The van der Waals surface area contributed by atoms with E-state index in [1.54, 1.807) is 6.07 Å². The van der Waals surface area contributed by atoms with Crippen molar-refractivity contribution in [2.24, 2.45) is 0 Å². The SMILES string of the molecule is CCC1CN(CC(O)COc2ccccc2N)CCO1. The highest BCUT2D eigenvalue weighted by Gasteiger charge is 2.21. The van der Waals surface area contributed by atoms with Crippen molar-refractivity contribution < 1.29 is 14.6 Å². The lowest BCUT2D eigenvalue weighted by Crippen LogP contribution is -2.46. The molecular weight excluding hydrogens is 256 g/mol. The number of aliphatic hydroxyl groups is 1. The van der Waals surface area contributed by atoms with Gasteiger partial charge in [0.05, 0.1) is 18.4 Å². The van der Waals surface area contributed by atoms with Gasteiger partial charge in [0.25, 0.3) is 0 Å². The summed E-state index contributed by atoms with van der Waals surface area (Å²) in [7, 11) is 0. The van der Waals surface area contributed by atoms with Crippen molar-refractivity contribution in [1.82, 2.24) is 4.90 Å². The number of hydrogen-bond acceptors (Lipinski definition) is 5. The van der Waals surface area contributed by atoms with E-state index < -0.39 is 6.10 Å². The van der Waals surface area contributed by atoms with Crippen molar-refractivity contribution in [3.8, 4) is 5.75 Å². The highest BCUT2D eigenvalue weighted by atomic mass is 16.5. The molecule has 112 valence electrons. The summed E-state index contributed by atoms with van der Waals surface area (Å²) in [6, 6.07) is 7.32. The molecule has 0 bridgehead atoms. The molecule has 2 unspecified atom stereocenters. The number of ether oxygens (including phenoxy) is 2. The summed E-state index contributed by atoms with van der Waals surface area (Å²) in [6.07, 6.45) is 0.760. The number of rotatable bonds is 6. The molecule has 0 aromatic heterocycles. The zero-order chi connectivity index (χ0) is 14.4. The highest BCUT2D eigenvalue weighted by Crippen LogP contribution is 2.19. The number of anilines is 1. The lowest BCUT2D eigenvalue weighted by molar-refractivity contribution is -0.0452. The Morgan fingerprint density at radius 1 is 1.50 bits per heavy atom. The van der Waals surface area contributed by atoms with Crippen LogP contribution >= 0.6 is 0 Å². The second-order valence-corrected chi connectivity index (χ2v) is 5.16. The third-order valence-electron chi connectivity index (χ3n) is 3.50.